The Morgan fingerprint density at radius 3 is 2.88 bits per heavy atom. The number of aromatic nitrogens is 1. The van der Waals surface area contributed by atoms with E-state index >= 15 is 0 Å². The first kappa shape index (κ1) is 11.1. The maximum atomic E-state index is 12.4. The predicted octanol–water partition coefficient (Wildman–Crippen LogP) is 3.71. The zero-order valence-corrected chi connectivity index (χ0v) is 11.2. The first-order chi connectivity index (χ1) is 8.27. The molecular weight excluding hydrogens is 249 g/mol. The molecular formula is C13H12NOPS. The lowest BCUT2D eigenvalue weighted by Gasteiger charge is -2.03. The van der Waals surface area contributed by atoms with Crippen LogP contribution in [0.2, 0.25) is 0 Å². The summed E-state index contributed by atoms with van der Waals surface area (Å²) in [6.07, 6.45) is 0. The first-order valence-corrected chi connectivity index (χ1v) is 7.45. The summed E-state index contributed by atoms with van der Waals surface area (Å²) in [6, 6.07) is 9.55. The number of thioether (sulfide) groups is 1. The first-order valence-electron chi connectivity index (χ1n) is 5.57. The van der Waals surface area contributed by atoms with Crippen molar-refractivity contribution in [2.24, 2.45) is 0 Å². The van der Waals surface area contributed by atoms with E-state index in [0.29, 0.717) is 0 Å². The van der Waals surface area contributed by atoms with Gasteiger partial charge in [-0.05, 0) is 15.1 Å². The Kier molecular flexibility index (Phi) is 2.81. The van der Waals surface area contributed by atoms with Crippen molar-refractivity contribution in [1.29, 1.82) is 0 Å². The minimum atomic E-state index is 0.170. The molecule has 2 nitrogen and oxygen atoms in total. The summed E-state index contributed by atoms with van der Waals surface area (Å²) in [5.74, 6) is 1.26. The number of hydrogen-bond acceptors (Lipinski definition) is 2. The van der Waals surface area contributed by atoms with Crippen molar-refractivity contribution in [3.05, 3.63) is 46.6 Å². The van der Waals surface area contributed by atoms with Crippen molar-refractivity contribution in [3.63, 3.8) is 0 Å². The molecule has 3 rings (SSSR count). The minimum absolute atomic E-state index is 0.170. The molecule has 0 fully saturated rings. The second-order valence-corrected chi connectivity index (χ2v) is 6.42. The van der Waals surface area contributed by atoms with Gasteiger partial charge in [0.2, 0.25) is 5.78 Å². The van der Waals surface area contributed by atoms with Gasteiger partial charge in [0.25, 0.3) is 0 Å². The Morgan fingerprint density at radius 1 is 1.35 bits per heavy atom. The van der Waals surface area contributed by atoms with Gasteiger partial charge in [-0.15, -0.1) is 11.8 Å². The largest absolute Gasteiger partial charge is 0.328 e. The van der Waals surface area contributed by atoms with Gasteiger partial charge in [-0.3, -0.25) is 4.79 Å². The van der Waals surface area contributed by atoms with Gasteiger partial charge in [-0.1, -0.05) is 30.3 Å². The van der Waals surface area contributed by atoms with Gasteiger partial charge >= 0.3 is 0 Å². The van der Waals surface area contributed by atoms with Crippen molar-refractivity contribution in [2.75, 3.05) is 5.75 Å². The zero-order valence-electron chi connectivity index (χ0n) is 9.51. The predicted molar refractivity (Wildman–Crippen MR) is 72.3 cm³/mol. The topological polar surface area (TPSA) is 22.0 Å². The van der Waals surface area contributed by atoms with E-state index in [1.165, 1.54) is 10.3 Å². The van der Waals surface area contributed by atoms with Crippen LogP contribution in [0.4, 0.5) is 0 Å². The number of fused-ring (bicyclic) bond motifs is 1. The molecule has 0 saturated heterocycles. The molecule has 1 aliphatic rings. The number of carbonyl (C=O) groups excluding carboxylic acids is 1. The Balaban J connectivity index is 2.06. The third kappa shape index (κ3) is 1.84. The van der Waals surface area contributed by atoms with Crippen LogP contribution in [-0.4, -0.2) is 16.1 Å². The van der Waals surface area contributed by atoms with Gasteiger partial charge in [0.15, 0.2) is 0 Å². The number of carbonyl (C=O) groups is 1. The van der Waals surface area contributed by atoms with Crippen LogP contribution >= 0.6 is 20.0 Å². The molecule has 1 aromatic heterocycles. The maximum Gasteiger partial charge on any atom is 0.214 e. The summed E-state index contributed by atoms with van der Waals surface area (Å²) >= 11 is 1.86. The Hall–Kier alpha value is -1.05. The number of nitrogens with zero attached hydrogens (tertiary/aromatic N) is 1. The summed E-state index contributed by atoms with van der Waals surface area (Å²) in [5, 5.41) is 2.61. The van der Waals surface area contributed by atoms with Gasteiger partial charge in [-0.25, -0.2) is 0 Å². The molecule has 1 aromatic carbocycles. The second-order valence-electron chi connectivity index (χ2n) is 4.02. The molecule has 0 aliphatic carbocycles. The van der Waals surface area contributed by atoms with Crippen LogP contribution in [0.1, 0.15) is 21.1 Å². The molecule has 0 saturated carbocycles. The summed E-state index contributed by atoms with van der Waals surface area (Å²) < 4.78 is 2.19. The van der Waals surface area contributed by atoms with Gasteiger partial charge in [0.1, 0.15) is 5.43 Å². The summed E-state index contributed by atoms with van der Waals surface area (Å²) in [6.45, 7) is 3.09. The highest BCUT2D eigenvalue weighted by Crippen LogP contribution is 2.39. The van der Waals surface area contributed by atoms with Crippen molar-refractivity contribution in [1.82, 2.24) is 4.57 Å². The van der Waals surface area contributed by atoms with Crippen LogP contribution in [-0.2, 0) is 6.54 Å². The van der Waals surface area contributed by atoms with E-state index in [-0.39, 0.29) is 5.78 Å². The van der Waals surface area contributed by atoms with Crippen LogP contribution in [0.15, 0.2) is 35.4 Å². The van der Waals surface area contributed by atoms with E-state index in [9.17, 15) is 4.79 Å². The molecule has 0 unspecified atom stereocenters. The lowest BCUT2D eigenvalue weighted by molar-refractivity contribution is 0.103. The fourth-order valence-electron chi connectivity index (χ4n) is 2.07. The number of aryl methyl sites for hydroxylation is 1. The van der Waals surface area contributed by atoms with Crippen LogP contribution in [0.5, 0.6) is 0 Å². The molecule has 0 spiro atoms. The van der Waals surface area contributed by atoms with E-state index in [0.717, 1.165) is 31.5 Å². The number of hydrogen-bond donors (Lipinski definition) is 0. The van der Waals surface area contributed by atoms with E-state index in [1.54, 1.807) is 0 Å². The van der Waals surface area contributed by atoms with Crippen LogP contribution in [0, 0.1) is 6.92 Å². The maximum absolute atomic E-state index is 12.4. The van der Waals surface area contributed by atoms with Crippen molar-refractivity contribution >= 4 is 25.7 Å². The highest BCUT2D eigenvalue weighted by molar-refractivity contribution is 7.99. The lowest BCUT2D eigenvalue weighted by Crippen LogP contribution is -2.07. The zero-order chi connectivity index (χ0) is 11.8. The van der Waals surface area contributed by atoms with Crippen molar-refractivity contribution in [2.45, 2.75) is 18.5 Å². The van der Waals surface area contributed by atoms with E-state index in [4.69, 9.17) is 0 Å². The van der Waals surface area contributed by atoms with Crippen LogP contribution < -0.4 is 0 Å². The fourth-order valence-corrected chi connectivity index (χ4v) is 4.57. The molecule has 2 aromatic rings. The minimum Gasteiger partial charge on any atom is -0.328 e. The smallest absolute Gasteiger partial charge is 0.214 e. The molecule has 0 amide bonds. The molecule has 4 heteroatoms. The highest BCUT2D eigenvalue weighted by Gasteiger charge is 2.23. The van der Waals surface area contributed by atoms with E-state index < -0.39 is 0 Å². The van der Waals surface area contributed by atoms with Gasteiger partial charge in [0.05, 0.1) is 5.03 Å². The molecule has 0 bridgehead atoms. The number of ketones is 1. The quantitative estimate of drug-likeness (QED) is 0.769. The summed E-state index contributed by atoms with van der Waals surface area (Å²) in [5.41, 5.74) is 1.72. The SMILES string of the molecule is Cc1pc(C(=O)c2ccccc2)n2c1SCC2. The van der Waals surface area contributed by atoms with Gasteiger partial charge in [0, 0.05) is 23.2 Å². The Bertz CT molecular complexity index is 577. The third-order valence-electron chi connectivity index (χ3n) is 2.88. The van der Waals surface area contributed by atoms with Gasteiger partial charge in [-0.2, -0.15) is 0 Å². The number of rotatable bonds is 2. The average Bonchev–Trinajstić information content (AvgIpc) is 2.94. The van der Waals surface area contributed by atoms with Crippen LogP contribution in [0.3, 0.4) is 0 Å². The van der Waals surface area contributed by atoms with E-state index in [1.807, 2.05) is 42.1 Å². The molecule has 0 atom stereocenters. The molecule has 1 aliphatic heterocycles. The fraction of sp³-hybridized carbons (Fsp3) is 0.231. The summed E-state index contributed by atoms with van der Waals surface area (Å²) in [7, 11) is 1.08. The van der Waals surface area contributed by atoms with Crippen molar-refractivity contribution < 1.29 is 4.79 Å². The third-order valence-corrected chi connectivity index (χ3v) is 5.42. The highest BCUT2D eigenvalue weighted by atomic mass is 32.2. The average molecular weight is 261 g/mol. The Labute approximate surface area is 106 Å². The van der Waals surface area contributed by atoms with Crippen LogP contribution in [0.25, 0.3) is 0 Å². The molecule has 0 N–H and O–H groups in total. The summed E-state index contributed by atoms with van der Waals surface area (Å²) in [4.78, 5) is 12.4. The van der Waals surface area contributed by atoms with Crippen molar-refractivity contribution in [3.8, 4) is 0 Å². The lowest BCUT2D eigenvalue weighted by atomic mass is 10.1. The normalized spacial score (nSPS) is 14.2. The number of benzene rings is 1. The molecule has 86 valence electrons. The molecule has 0 radical (unpaired) electrons. The molecule has 17 heavy (non-hydrogen) atoms. The Morgan fingerprint density at radius 2 is 2.12 bits per heavy atom. The standard InChI is InChI=1S/C13H12NOPS/c1-9-13-14(7-8-17-13)12(16-9)11(15)10-5-3-2-4-6-10/h2-6H,7-8H2,1H3. The monoisotopic (exact) mass is 261 g/mol. The second kappa shape index (κ2) is 4.32. The van der Waals surface area contributed by atoms with E-state index in [2.05, 4.69) is 11.5 Å². The molecule has 2 heterocycles. The van der Waals surface area contributed by atoms with Gasteiger partial charge < -0.3 is 4.57 Å².